The molecule has 1 aliphatic carbocycles. The summed E-state index contributed by atoms with van der Waals surface area (Å²) in [6.07, 6.45) is 5.31. The summed E-state index contributed by atoms with van der Waals surface area (Å²) >= 11 is 5.82. The number of aliphatic hydroxyl groups is 1. The van der Waals surface area contributed by atoms with Crippen molar-refractivity contribution >= 4 is 17.4 Å². The fourth-order valence-corrected chi connectivity index (χ4v) is 2.37. The van der Waals surface area contributed by atoms with Crippen LogP contribution in [0.15, 0.2) is 12.4 Å². The molecule has 1 aliphatic rings. The van der Waals surface area contributed by atoms with Gasteiger partial charge in [-0.1, -0.05) is 24.4 Å². The fourth-order valence-electron chi connectivity index (χ4n) is 2.23. The van der Waals surface area contributed by atoms with Gasteiger partial charge >= 0.3 is 0 Å². The third-order valence-corrected chi connectivity index (χ3v) is 3.38. The molecule has 0 spiro atoms. The van der Waals surface area contributed by atoms with Gasteiger partial charge < -0.3 is 10.0 Å². The molecule has 1 aromatic heterocycles. The highest BCUT2D eigenvalue weighted by atomic mass is 35.5. The van der Waals surface area contributed by atoms with Crippen molar-refractivity contribution in [1.82, 2.24) is 9.97 Å². The number of aromatic nitrogens is 2. The molecule has 16 heavy (non-hydrogen) atoms. The van der Waals surface area contributed by atoms with Gasteiger partial charge in [0.05, 0.1) is 12.1 Å². The van der Waals surface area contributed by atoms with Crippen LogP contribution in [0.25, 0.3) is 0 Å². The summed E-state index contributed by atoms with van der Waals surface area (Å²) < 4.78 is 0. The number of hydrogen-bond acceptors (Lipinski definition) is 4. The number of rotatable bonds is 2. The van der Waals surface area contributed by atoms with E-state index in [-0.39, 0.29) is 12.1 Å². The first kappa shape index (κ1) is 11.6. The van der Waals surface area contributed by atoms with Crippen LogP contribution in [-0.4, -0.2) is 34.3 Å². The number of nitrogens with zero attached hydrogens (tertiary/aromatic N) is 3. The molecule has 5 heteroatoms. The highest BCUT2D eigenvalue weighted by Gasteiger charge is 2.27. The average Bonchev–Trinajstić information content (AvgIpc) is 2.29. The quantitative estimate of drug-likeness (QED) is 0.804. The zero-order chi connectivity index (χ0) is 11.5. The summed E-state index contributed by atoms with van der Waals surface area (Å²) in [5.41, 5.74) is 0. The van der Waals surface area contributed by atoms with Gasteiger partial charge in [-0.2, -0.15) is 0 Å². The molecule has 0 saturated heterocycles. The molecule has 0 aliphatic heterocycles. The van der Waals surface area contributed by atoms with Crippen molar-refractivity contribution in [3.8, 4) is 0 Å². The highest BCUT2D eigenvalue weighted by molar-refractivity contribution is 6.29. The summed E-state index contributed by atoms with van der Waals surface area (Å²) in [7, 11) is 1.94. The van der Waals surface area contributed by atoms with Crippen molar-refractivity contribution < 1.29 is 5.11 Å². The van der Waals surface area contributed by atoms with E-state index in [2.05, 4.69) is 9.97 Å². The van der Waals surface area contributed by atoms with E-state index < -0.39 is 0 Å². The summed E-state index contributed by atoms with van der Waals surface area (Å²) in [5.74, 6) is 0.769. The molecular weight excluding hydrogens is 226 g/mol. The molecule has 0 aromatic carbocycles. The minimum Gasteiger partial charge on any atom is -0.391 e. The molecule has 0 amide bonds. The monoisotopic (exact) mass is 241 g/mol. The van der Waals surface area contributed by atoms with E-state index >= 15 is 0 Å². The Hall–Kier alpha value is -0.870. The second-order valence-electron chi connectivity index (χ2n) is 4.23. The maximum absolute atomic E-state index is 9.95. The van der Waals surface area contributed by atoms with Gasteiger partial charge in [0.1, 0.15) is 17.3 Å². The minimum atomic E-state index is -0.271. The van der Waals surface area contributed by atoms with Gasteiger partial charge in [0.25, 0.3) is 0 Å². The molecule has 1 aromatic rings. The Balaban J connectivity index is 2.14. The predicted octanol–water partition coefficient (Wildman–Crippen LogP) is 1.87. The number of anilines is 1. The Bertz CT molecular complexity index is 361. The first-order chi connectivity index (χ1) is 7.68. The van der Waals surface area contributed by atoms with E-state index in [4.69, 9.17) is 11.6 Å². The molecule has 1 heterocycles. The zero-order valence-electron chi connectivity index (χ0n) is 9.30. The molecule has 2 unspecified atom stereocenters. The molecule has 88 valence electrons. The summed E-state index contributed by atoms with van der Waals surface area (Å²) in [4.78, 5) is 10.0. The molecule has 1 N–H and O–H groups in total. The Morgan fingerprint density at radius 3 is 2.81 bits per heavy atom. The van der Waals surface area contributed by atoms with E-state index in [1.54, 1.807) is 6.07 Å². The first-order valence-corrected chi connectivity index (χ1v) is 5.94. The fraction of sp³-hybridized carbons (Fsp3) is 0.636. The lowest BCUT2D eigenvalue weighted by atomic mass is 9.91. The lowest BCUT2D eigenvalue weighted by Crippen LogP contribution is -2.43. The maximum atomic E-state index is 9.95. The lowest BCUT2D eigenvalue weighted by molar-refractivity contribution is 0.106. The summed E-state index contributed by atoms with van der Waals surface area (Å²) in [5, 5.41) is 10.4. The highest BCUT2D eigenvalue weighted by Crippen LogP contribution is 2.25. The first-order valence-electron chi connectivity index (χ1n) is 5.57. The second kappa shape index (κ2) is 4.97. The van der Waals surface area contributed by atoms with Crippen LogP contribution in [0, 0.1) is 0 Å². The molecule has 1 saturated carbocycles. The molecule has 2 atom stereocenters. The van der Waals surface area contributed by atoms with Crippen LogP contribution in [0.2, 0.25) is 5.15 Å². The van der Waals surface area contributed by atoms with Gasteiger partial charge in [-0.05, 0) is 12.8 Å². The second-order valence-corrected chi connectivity index (χ2v) is 4.62. The van der Waals surface area contributed by atoms with Crippen molar-refractivity contribution in [2.75, 3.05) is 11.9 Å². The normalized spacial score (nSPS) is 25.4. The van der Waals surface area contributed by atoms with Gasteiger partial charge in [-0.15, -0.1) is 0 Å². The van der Waals surface area contributed by atoms with Crippen molar-refractivity contribution in [3.63, 3.8) is 0 Å². The molecular formula is C11H16ClN3O. The maximum Gasteiger partial charge on any atom is 0.134 e. The van der Waals surface area contributed by atoms with Crippen LogP contribution in [0.1, 0.15) is 25.7 Å². The third-order valence-electron chi connectivity index (χ3n) is 3.17. The molecule has 0 radical (unpaired) electrons. The number of likely N-dealkylation sites (N-methyl/N-ethyl adjacent to an activating group) is 1. The van der Waals surface area contributed by atoms with Crippen LogP contribution in [0.4, 0.5) is 5.82 Å². The van der Waals surface area contributed by atoms with E-state index in [1.807, 2.05) is 11.9 Å². The molecule has 1 fully saturated rings. The molecule has 0 bridgehead atoms. The van der Waals surface area contributed by atoms with Gasteiger partial charge in [0, 0.05) is 13.1 Å². The van der Waals surface area contributed by atoms with Gasteiger partial charge in [-0.25, -0.2) is 9.97 Å². The number of aliphatic hydroxyl groups excluding tert-OH is 1. The number of hydrogen-bond donors (Lipinski definition) is 1. The summed E-state index contributed by atoms with van der Waals surface area (Å²) in [6, 6.07) is 1.86. The largest absolute Gasteiger partial charge is 0.391 e. The topological polar surface area (TPSA) is 49.2 Å². The minimum absolute atomic E-state index is 0.139. The smallest absolute Gasteiger partial charge is 0.134 e. The Morgan fingerprint density at radius 2 is 2.12 bits per heavy atom. The molecule has 2 rings (SSSR count). The Labute approximate surface area is 100 Å². The molecule has 4 nitrogen and oxygen atoms in total. The lowest BCUT2D eigenvalue weighted by Gasteiger charge is -2.35. The standard InChI is InChI=1S/C11H16ClN3O/c1-15(8-4-2-3-5-9(8)16)11-6-10(12)13-7-14-11/h6-9,16H,2-5H2,1H3. The van der Waals surface area contributed by atoms with E-state index in [0.717, 1.165) is 31.5 Å². The van der Waals surface area contributed by atoms with Crippen molar-refractivity contribution in [2.45, 2.75) is 37.8 Å². The van der Waals surface area contributed by atoms with Gasteiger partial charge in [0.2, 0.25) is 0 Å². The van der Waals surface area contributed by atoms with E-state index in [0.29, 0.717) is 5.15 Å². The van der Waals surface area contributed by atoms with Crippen LogP contribution < -0.4 is 4.90 Å². The number of halogens is 1. The zero-order valence-corrected chi connectivity index (χ0v) is 10.1. The van der Waals surface area contributed by atoms with Crippen LogP contribution in [-0.2, 0) is 0 Å². The van der Waals surface area contributed by atoms with Crippen LogP contribution >= 0.6 is 11.6 Å². The van der Waals surface area contributed by atoms with E-state index in [1.165, 1.54) is 6.33 Å². The van der Waals surface area contributed by atoms with E-state index in [9.17, 15) is 5.11 Å². The predicted molar refractivity (Wildman–Crippen MR) is 63.7 cm³/mol. The van der Waals surface area contributed by atoms with Gasteiger partial charge in [0.15, 0.2) is 0 Å². The van der Waals surface area contributed by atoms with Crippen LogP contribution in [0.3, 0.4) is 0 Å². The average molecular weight is 242 g/mol. The Morgan fingerprint density at radius 1 is 1.38 bits per heavy atom. The Kier molecular flexibility index (Phi) is 3.61. The SMILES string of the molecule is CN(c1cc(Cl)ncn1)C1CCCCC1O. The van der Waals surface area contributed by atoms with Crippen molar-refractivity contribution in [2.24, 2.45) is 0 Å². The van der Waals surface area contributed by atoms with Crippen LogP contribution in [0.5, 0.6) is 0 Å². The third kappa shape index (κ3) is 2.44. The summed E-state index contributed by atoms with van der Waals surface area (Å²) in [6.45, 7) is 0. The van der Waals surface area contributed by atoms with Gasteiger partial charge in [-0.3, -0.25) is 0 Å². The van der Waals surface area contributed by atoms with Crippen molar-refractivity contribution in [1.29, 1.82) is 0 Å². The van der Waals surface area contributed by atoms with Crippen molar-refractivity contribution in [3.05, 3.63) is 17.5 Å².